The molecule has 0 fully saturated rings. The Balaban J connectivity index is -0.000000180. The van der Waals surface area contributed by atoms with Gasteiger partial charge in [-0.25, -0.2) is 16.8 Å². The third kappa shape index (κ3) is 15.0. The molecule has 0 saturated carbocycles. The van der Waals surface area contributed by atoms with Crippen molar-refractivity contribution in [2.75, 3.05) is 0 Å². The molecule has 0 saturated heterocycles. The number of hydrogen-bond acceptors (Lipinski definition) is 8. The summed E-state index contributed by atoms with van der Waals surface area (Å²) in [4.78, 5) is 0. The van der Waals surface area contributed by atoms with Crippen LogP contribution in [-0.2, 0) is 20.2 Å². The Morgan fingerprint density at radius 1 is 0.867 bits per heavy atom. The third-order valence-electron chi connectivity index (χ3n) is 0.911. The summed E-state index contributed by atoms with van der Waals surface area (Å²) >= 11 is 0. The predicted molar refractivity (Wildman–Crippen MR) is 52.4 cm³/mol. The van der Waals surface area contributed by atoms with Gasteiger partial charge in [-0.05, 0) is 13.8 Å². The van der Waals surface area contributed by atoms with Crippen LogP contribution in [0.1, 0.15) is 13.8 Å². The van der Waals surface area contributed by atoms with E-state index in [9.17, 15) is 25.9 Å². The number of hydrogen-bond donors (Lipinski definition) is 2. The largest absolute Gasteiger partial charge is 2.00 e. The molecule has 0 aliphatic rings. The Hall–Kier alpha value is 1.000. The van der Waals surface area contributed by atoms with Gasteiger partial charge < -0.3 is 20.6 Å². The zero-order valence-corrected chi connectivity index (χ0v) is 12.1. The van der Waals surface area contributed by atoms with Crippen molar-refractivity contribution in [2.45, 2.75) is 24.6 Å². The van der Waals surface area contributed by atoms with Gasteiger partial charge in [0.1, 0.15) is 20.2 Å². The molecule has 0 heterocycles. The normalized spacial score (nSPS) is 15.3. The first kappa shape index (κ1) is 21.3. The van der Waals surface area contributed by atoms with E-state index in [0.717, 1.165) is 13.8 Å². The summed E-state index contributed by atoms with van der Waals surface area (Å²) in [5.74, 6) is 0. The van der Waals surface area contributed by atoms with Crippen molar-refractivity contribution in [3.8, 4) is 0 Å². The van der Waals surface area contributed by atoms with Crippen LogP contribution in [0.15, 0.2) is 0 Å². The van der Waals surface area contributed by atoms with E-state index in [4.69, 9.17) is 0 Å². The second-order valence-corrected chi connectivity index (χ2v) is 5.85. The molecule has 0 aromatic carbocycles. The molecule has 15 heavy (non-hydrogen) atoms. The van der Waals surface area contributed by atoms with Crippen molar-refractivity contribution in [3.63, 3.8) is 0 Å². The van der Waals surface area contributed by atoms with Crippen molar-refractivity contribution in [1.29, 1.82) is 0 Å². The molecule has 11 heteroatoms. The molecule has 8 nitrogen and oxygen atoms in total. The Morgan fingerprint density at radius 2 is 0.933 bits per heavy atom. The first-order valence-corrected chi connectivity index (χ1v) is 6.24. The zero-order valence-electron chi connectivity index (χ0n) is 8.28. The minimum Gasteiger partial charge on any atom is -0.747 e. The van der Waals surface area contributed by atoms with Crippen molar-refractivity contribution in [2.24, 2.45) is 11.5 Å². The van der Waals surface area contributed by atoms with Crippen LogP contribution in [0.2, 0.25) is 0 Å². The molecule has 0 radical (unpaired) electrons. The fraction of sp³-hybridized carbons (Fsp3) is 1.00. The summed E-state index contributed by atoms with van der Waals surface area (Å²) in [5.41, 5.74) is 9.34. The fourth-order valence-corrected chi connectivity index (χ4v) is 0. The average Bonchev–Trinajstić information content (AvgIpc) is 1.83. The van der Waals surface area contributed by atoms with Crippen molar-refractivity contribution in [3.05, 3.63) is 0 Å². The first-order valence-electron chi connectivity index (χ1n) is 3.29. The minimum atomic E-state index is -4.21. The summed E-state index contributed by atoms with van der Waals surface area (Å²) in [5, 5.41) is -2.57. The first-order chi connectivity index (χ1) is 5.89. The smallest absolute Gasteiger partial charge is 0.747 e. The summed E-state index contributed by atoms with van der Waals surface area (Å²) < 4.78 is 57.9. The van der Waals surface area contributed by atoms with Gasteiger partial charge in [-0.2, -0.15) is 0 Å². The van der Waals surface area contributed by atoms with E-state index in [1.165, 1.54) is 0 Å². The Bertz CT molecular complexity index is 311. The fourth-order valence-electron chi connectivity index (χ4n) is 0. The SMILES string of the molecule is CC(N)S(=O)(=O)[O-].CC(N)S(=O)(=O)[O-].[Ca+2]. The maximum Gasteiger partial charge on any atom is 2.00 e. The monoisotopic (exact) mass is 288 g/mol. The topological polar surface area (TPSA) is 166 Å². The van der Waals surface area contributed by atoms with E-state index >= 15 is 0 Å². The summed E-state index contributed by atoms with van der Waals surface area (Å²) in [7, 11) is -8.43. The van der Waals surface area contributed by atoms with Crippen molar-refractivity contribution in [1.82, 2.24) is 0 Å². The van der Waals surface area contributed by atoms with E-state index in [2.05, 4.69) is 11.5 Å². The van der Waals surface area contributed by atoms with Gasteiger partial charge in [-0.1, -0.05) is 0 Å². The molecule has 0 bridgehead atoms. The third-order valence-corrected chi connectivity index (χ3v) is 2.73. The van der Waals surface area contributed by atoms with Gasteiger partial charge >= 0.3 is 37.7 Å². The molecule has 2 unspecified atom stereocenters. The number of rotatable bonds is 2. The standard InChI is InChI=1S/2C2H7NO3S.Ca/c2*1-2(3)7(4,5)6;/h2*2H,3H2,1H3,(H,4,5,6);/q;;+2/p-2. The zero-order chi connectivity index (χ0) is 12.2. The van der Waals surface area contributed by atoms with Gasteiger partial charge in [0.15, 0.2) is 0 Å². The van der Waals surface area contributed by atoms with Gasteiger partial charge in [-0.15, -0.1) is 0 Å². The van der Waals surface area contributed by atoms with Crippen LogP contribution in [0.25, 0.3) is 0 Å². The second-order valence-electron chi connectivity index (χ2n) is 2.40. The minimum absolute atomic E-state index is 0. The Morgan fingerprint density at radius 3 is 0.933 bits per heavy atom. The molecular weight excluding hydrogens is 276 g/mol. The van der Waals surface area contributed by atoms with E-state index in [1.807, 2.05) is 0 Å². The van der Waals surface area contributed by atoms with Crippen LogP contribution in [0.4, 0.5) is 0 Å². The summed E-state index contributed by atoms with van der Waals surface area (Å²) in [6.45, 7) is 2.25. The van der Waals surface area contributed by atoms with Gasteiger partial charge in [0.25, 0.3) is 0 Å². The molecule has 0 aliphatic heterocycles. The molecule has 0 rings (SSSR count). The van der Waals surface area contributed by atoms with Crippen LogP contribution in [0.3, 0.4) is 0 Å². The maximum absolute atomic E-state index is 9.65. The Labute approximate surface area is 119 Å². The molecule has 0 amide bonds. The van der Waals surface area contributed by atoms with Crippen LogP contribution in [0, 0.1) is 0 Å². The maximum atomic E-state index is 9.65. The summed E-state index contributed by atoms with van der Waals surface area (Å²) in [6.07, 6.45) is 0. The van der Waals surface area contributed by atoms with Gasteiger partial charge in [0.2, 0.25) is 0 Å². The second kappa shape index (κ2) is 8.14. The van der Waals surface area contributed by atoms with Gasteiger partial charge in [0, 0.05) is 0 Å². The Kier molecular flexibility index (Phi) is 11.6. The molecular formula is C4H12CaN2O6S2. The molecule has 4 N–H and O–H groups in total. The molecule has 0 aromatic rings. The molecule has 0 aliphatic carbocycles. The molecule has 0 spiro atoms. The quantitative estimate of drug-likeness (QED) is 0.408. The van der Waals surface area contributed by atoms with Crippen LogP contribution in [0.5, 0.6) is 0 Å². The van der Waals surface area contributed by atoms with Crippen LogP contribution < -0.4 is 11.5 Å². The summed E-state index contributed by atoms with van der Waals surface area (Å²) in [6, 6.07) is 0. The average molecular weight is 288 g/mol. The van der Waals surface area contributed by atoms with E-state index in [0.29, 0.717) is 0 Å². The van der Waals surface area contributed by atoms with Gasteiger partial charge in [0.05, 0.1) is 10.7 Å². The van der Waals surface area contributed by atoms with E-state index < -0.39 is 31.0 Å². The van der Waals surface area contributed by atoms with Crippen molar-refractivity contribution >= 4 is 58.0 Å². The molecule has 2 atom stereocenters. The van der Waals surface area contributed by atoms with Crippen LogP contribution in [-0.4, -0.2) is 74.4 Å². The van der Waals surface area contributed by atoms with Crippen molar-refractivity contribution < 1.29 is 25.9 Å². The molecule has 0 aromatic heterocycles. The molecule has 88 valence electrons. The van der Waals surface area contributed by atoms with Gasteiger partial charge in [-0.3, -0.25) is 0 Å². The number of nitrogens with two attached hydrogens (primary N) is 2. The predicted octanol–water partition coefficient (Wildman–Crippen LogP) is -2.71. The van der Waals surface area contributed by atoms with E-state index in [1.54, 1.807) is 0 Å². The van der Waals surface area contributed by atoms with E-state index in [-0.39, 0.29) is 37.7 Å². The van der Waals surface area contributed by atoms with Crippen LogP contribution >= 0.6 is 0 Å².